The molecule has 0 radical (unpaired) electrons. The Bertz CT molecular complexity index is 789. The van der Waals surface area contributed by atoms with Gasteiger partial charge in [-0.25, -0.2) is 4.39 Å². The van der Waals surface area contributed by atoms with Gasteiger partial charge in [0.1, 0.15) is 5.82 Å². The van der Waals surface area contributed by atoms with Crippen molar-refractivity contribution in [3.63, 3.8) is 0 Å². The summed E-state index contributed by atoms with van der Waals surface area (Å²) in [7, 11) is 0. The van der Waals surface area contributed by atoms with Crippen LogP contribution in [-0.2, 0) is 4.79 Å². The predicted molar refractivity (Wildman–Crippen MR) is 92.9 cm³/mol. The second-order valence-electron chi connectivity index (χ2n) is 4.63. The first-order chi connectivity index (χ1) is 11.4. The Balaban J connectivity index is 1.88. The molecule has 2 aromatic rings. The molecule has 0 unspecified atom stereocenters. The van der Waals surface area contributed by atoms with E-state index in [0.717, 1.165) is 0 Å². The molecule has 0 aliphatic carbocycles. The summed E-state index contributed by atoms with van der Waals surface area (Å²) in [5.41, 5.74) is 1.13. The van der Waals surface area contributed by atoms with Gasteiger partial charge in [0.2, 0.25) is 5.91 Å². The second-order valence-corrected chi connectivity index (χ2v) is 5.04. The summed E-state index contributed by atoms with van der Waals surface area (Å²) in [5.74, 6) is -0.816. The quantitative estimate of drug-likeness (QED) is 0.385. The number of non-ortho nitro benzene ring substituents is 1. The van der Waals surface area contributed by atoms with Crippen molar-refractivity contribution in [1.29, 1.82) is 0 Å². The van der Waals surface area contributed by atoms with Crippen LogP contribution in [0.2, 0.25) is 0 Å². The van der Waals surface area contributed by atoms with E-state index in [4.69, 9.17) is 12.2 Å². The van der Waals surface area contributed by atoms with E-state index in [1.165, 1.54) is 60.7 Å². The molecular formula is C16H12FN3O3S. The van der Waals surface area contributed by atoms with Gasteiger partial charge in [-0.05, 0) is 48.1 Å². The molecule has 24 heavy (non-hydrogen) atoms. The van der Waals surface area contributed by atoms with Crippen LogP contribution in [-0.4, -0.2) is 15.9 Å². The molecule has 0 aliphatic rings. The van der Waals surface area contributed by atoms with Crippen LogP contribution in [0, 0.1) is 15.9 Å². The van der Waals surface area contributed by atoms with Gasteiger partial charge >= 0.3 is 0 Å². The van der Waals surface area contributed by atoms with Crippen LogP contribution in [0.1, 0.15) is 5.56 Å². The highest BCUT2D eigenvalue weighted by molar-refractivity contribution is 7.80. The SMILES string of the molecule is O=C(/C=C/c1ccc(F)cc1)NC(=S)Nc1ccc([N+](=O)[O-])cc1. The van der Waals surface area contributed by atoms with Gasteiger partial charge < -0.3 is 5.32 Å². The van der Waals surface area contributed by atoms with Gasteiger partial charge in [-0.2, -0.15) is 0 Å². The fourth-order valence-corrected chi connectivity index (χ4v) is 1.95. The molecule has 6 nitrogen and oxygen atoms in total. The van der Waals surface area contributed by atoms with Gasteiger partial charge in [0.25, 0.3) is 5.69 Å². The molecule has 0 aliphatic heterocycles. The Kier molecular flexibility index (Phi) is 5.69. The van der Waals surface area contributed by atoms with Crippen molar-refractivity contribution in [1.82, 2.24) is 5.32 Å². The summed E-state index contributed by atoms with van der Waals surface area (Å²) >= 11 is 4.98. The molecule has 0 saturated carbocycles. The van der Waals surface area contributed by atoms with Crippen LogP contribution in [0.5, 0.6) is 0 Å². The van der Waals surface area contributed by atoms with Crippen LogP contribution in [0.25, 0.3) is 6.08 Å². The molecule has 0 aromatic heterocycles. The van der Waals surface area contributed by atoms with E-state index < -0.39 is 10.8 Å². The van der Waals surface area contributed by atoms with Crippen LogP contribution in [0.4, 0.5) is 15.8 Å². The minimum Gasteiger partial charge on any atom is -0.332 e. The zero-order valence-electron chi connectivity index (χ0n) is 12.2. The number of hydrogen-bond donors (Lipinski definition) is 2. The normalized spacial score (nSPS) is 10.4. The summed E-state index contributed by atoms with van der Waals surface area (Å²) in [6.07, 6.45) is 2.78. The smallest absolute Gasteiger partial charge is 0.269 e. The van der Waals surface area contributed by atoms with E-state index >= 15 is 0 Å². The molecule has 1 amide bonds. The largest absolute Gasteiger partial charge is 0.332 e. The molecular weight excluding hydrogens is 333 g/mol. The van der Waals surface area contributed by atoms with Gasteiger partial charge in [0.15, 0.2) is 5.11 Å². The number of carbonyl (C=O) groups excluding carboxylic acids is 1. The molecule has 0 atom stereocenters. The van der Waals surface area contributed by atoms with Gasteiger partial charge in [0, 0.05) is 23.9 Å². The van der Waals surface area contributed by atoms with E-state index in [2.05, 4.69) is 10.6 Å². The Labute approximate surface area is 142 Å². The van der Waals surface area contributed by atoms with Crippen molar-refractivity contribution < 1.29 is 14.1 Å². The lowest BCUT2D eigenvalue weighted by Crippen LogP contribution is -2.32. The monoisotopic (exact) mass is 345 g/mol. The second kappa shape index (κ2) is 7.93. The highest BCUT2D eigenvalue weighted by Crippen LogP contribution is 2.15. The number of nitro benzene ring substituents is 1. The molecule has 2 rings (SSSR count). The molecule has 122 valence electrons. The number of halogens is 1. The lowest BCUT2D eigenvalue weighted by Gasteiger charge is -2.07. The summed E-state index contributed by atoms with van der Waals surface area (Å²) < 4.78 is 12.8. The maximum Gasteiger partial charge on any atom is 0.269 e. The zero-order valence-corrected chi connectivity index (χ0v) is 13.0. The average Bonchev–Trinajstić information content (AvgIpc) is 2.54. The number of nitrogens with one attached hydrogen (secondary N) is 2. The number of carbonyl (C=O) groups is 1. The van der Waals surface area contributed by atoms with E-state index in [-0.39, 0.29) is 16.6 Å². The predicted octanol–water partition coefficient (Wildman–Crippen LogP) is 3.26. The van der Waals surface area contributed by atoms with E-state index in [1.54, 1.807) is 0 Å². The fourth-order valence-electron chi connectivity index (χ4n) is 1.73. The van der Waals surface area contributed by atoms with Crippen molar-refractivity contribution in [2.24, 2.45) is 0 Å². The maximum absolute atomic E-state index is 12.8. The zero-order chi connectivity index (χ0) is 17.5. The van der Waals surface area contributed by atoms with E-state index in [0.29, 0.717) is 11.3 Å². The number of nitrogens with zero attached hydrogens (tertiary/aromatic N) is 1. The highest BCUT2D eigenvalue weighted by Gasteiger charge is 2.05. The lowest BCUT2D eigenvalue weighted by atomic mass is 10.2. The molecule has 0 saturated heterocycles. The third-order valence-electron chi connectivity index (χ3n) is 2.87. The van der Waals surface area contributed by atoms with Gasteiger partial charge in [-0.1, -0.05) is 12.1 Å². The van der Waals surface area contributed by atoms with E-state index in [1.807, 2.05) is 0 Å². The first-order valence-electron chi connectivity index (χ1n) is 6.74. The number of rotatable bonds is 4. The Morgan fingerprint density at radius 2 is 1.75 bits per heavy atom. The van der Waals surface area contributed by atoms with Crippen LogP contribution >= 0.6 is 12.2 Å². The number of hydrogen-bond acceptors (Lipinski definition) is 4. The summed E-state index contributed by atoms with van der Waals surface area (Å²) in [6.45, 7) is 0. The van der Waals surface area contributed by atoms with Gasteiger partial charge in [0.05, 0.1) is 4.92 Å². The van der Waals surface area contributed by atoms with Crippen LogP contribution in [0.15, 0.2) is 54.6 Å². The van der Waals surface area contributed by atoms with Crippen molar-refractivity contribution in [2.45, 2.75) is 0 Å². The lowest BCUT2D eigenvalue weighted by molar-refractivity contribution is -0.384. The maximum atomic E-state index is 12.8. The molecule has 2 aromatic carbocycles. The highest BCUT2D eigenvalue weighted by atomic mass is 32.1. The van der Waals surface area contributed by atoms with Crippen molar-refractivity contribution in [3.8, 4) is 0 Å². The summed E-state index contributed by atoms with van der Waals surface area (Å²) in [5, 5.41) is 15.8. The number of anilines is 1. The molecule has 0 heterocycles. The first-order valence-corrected chi connectivity index (χ1v) is 7.15. The number of amides is 1. The van der Waals surface area contributed by atoms with E-state index in [9.17, 15) is 19.3 Å². The molecule has 2 N–H and O–H groups in total. The van der Waals surface area contributed by atoms with Crippen molar-refractivity contribution in [2.75, 3.05) is 5.32 Å². The number of nitro groups is 1. The Morgan fingerprint density at radius 3 is 2.33 bits per heavy atom. The molecule has 8 heteroatoms. The first kappa shape index (κ1) is 17.2. The van der Waals surface area contributed by atoms with Gasteiger partial charge in [-0.15, -0.1) is 0 Å². The average molecular weight is 345 g/mol. The third-order valence-corrected chi connectivity index (χ3v) is 3.07. The minimum atomic E-state index is -0.510. The number of thiocarbonyl (C=S) groups is 1. The Hall–Kier alpha value is -3.13. The molecule has 0 bridgehead atoms. The fraction of sp³-hybridized carbons (Fsp3) is 0. The van der Waals surface area contributed by atoms with Crippen LogP contribution in [0.3, 0.4) is 0 Å². The third kappa shape index (κ3) is 5.25. The van der Waals surface area contributed by atoms with Crippen LogP contribution < -0.4 is 10.6 Å². The topological polar surface area (TPSA) is 84.3 Å². The van der Waals surface area contributed by atoms with Gasteiger partial charge in [-0.3, -0.25) is 20.2 Å². The van der Waals surface area contributed by atoms with Crippen molar-refractivity contribution >= 4 is 40.7 Å². The summed E-state index contributed by atoms with van der Waals surface area (Å²) in [4.78, 5) is 21.8. The Morgan fingerprint density at radius 1 is 1.12 bits per heavy atom. The standard InChI is InChI=1S/C16H12FN3O3S/c17-12-4-1-11(2-5-12)3-10-15(21)19-16(24)18-13-6-8-14(9-7-13)20(22)23/h1-10H,(H2,18,19,21,24)/b10-3+. The summed E-state index contributed by atoms with van der Waals surface area (Å²) in [6, 6.07) is 11.2. The number of benzene rings is 2. The van der Waals surface area contributed by atoms with Crippen molar-refractivity contribution in [3.05, 3.63) is 76.1 Å². The molecule has 0 fully saturated rings. The minimum absolute atomic E-state index is 0.0438. The molecule has 0 spiro atoms.